The Kier molecular flexibility index (Phi) is 4.41. The second kappa shape index (κ2) is 5.85. The molecule has 0 aromatic heterocycles. The molecule has 0 amide bonds. The van der Waals surface area contributed by atoms with Gasteiger partial charge in [0, 0.05) is 18.7 Å². The minimum atomic E-state index is 0.236. The Balaban J connectivity index is 1.88. The highest BCUT2D eigenvalue weighted by Gasteiger charge is 2.32. The monoisotopic (exact) mass is 247 g/mol. The summed E-state index contributed by atoms with van der Waals surface area (Å²) >= 11 is 0. The summed E-state index contributed by atoms with van der Waals surface area (Å²) in [6, 6.07) is 10.7. The van der Waals surface area contributed by atoms with Gasteiger partial charge in [0.2, 0.25) is 0 Å². The molecule has 0 radical (unpaired) electrons. The number of hydrogen-bond donors (Lipinski definition) is 1. The van der Waals surface area contributed by atoms with E-state index in [1.165, 1.54) is 12.0 Å². The molecule has 1 heterocycles. The van der Waals surface area contributed by atoms with Crippen molar-refractivity contribution in [2.75, 3.05) is 19.7 Å². The molecule has 1 aromatic rings. The quantitative estimate of drug-likeness (QED) is 0.865. The zero-order valence-corrected chi connectivity index (χ0v) is 11.6. The normalized spacial score (nSPS) is 21.4. The number of likely N-dealkylation sites (tertiary alicyclic amines) is 1. The van der Waals surface area contributed by atoms with E-state index < -0.39 is 0 Å². The van der Waals surface area contributed by atoms with E-state index in [-0.39, 0.29) is 5.54 Å². The van der Waals surface area contributed by atoms with Gasteiger partial charge < -0.3 is 5.11 Å². The minimum Gasteiger partial charge on any atom is -0.396 e. The maximum Gasteiger partial charge on any atom is 0.0471 e. The molecule has 100 valence electrons. The van der Waals surface area contributed by atoms with Gasteiger partial charge in [-0.15, -0.1) is 0 Å². The predicted molar refractivity (Wildman–Crippen MR) is 75.6 cm³/mol. The van der Waals surface area contributed by atoms with E-state index in [2.05, 4.69) is 49.1 Å². The van der Waals surface area contributed by atoms with Gasteiger partial charge in [0.25, 0.3) is 0 Å². The average Bonchev–Trinajstić information content (AvgIpc) is 2.87. The molecular formula is C16H25NO. The maximum absolute atomic E-state index is 9.23. The number of aryl methyl sites for hydroxylation is 1. The fourth-order valence-electron chi connectivity index (χ4n) is 2.78. The van der Waals surface area contributed by atoms with Crippen molar-refractivity contribution in [1.82, 2.24) is 4.90 Å². The summed E-state index contributed by atoms with van der Waals surface area (Å²) in [7, 11) is 0. The first-order valence-corrected chi connectivity index (χ1v) is 7.01. The lowest BCUT2D eigenvalue weighted by atomic mass is 9.93. The molecule has 0 bridgehead atoms. The van der Waals surface area contributed by atoms with E-state index in [1.54, 1.807) is 0 Å². The Labute approximate surface area is 111 Å². The third-order valence-electron chi connectivity index (χ3n) is 4.27. The lowest BCUT2D eigenvalue weighted by Crippen LogP contribution is -2.42. The van der Waals surface area contributed by atoms with Crippen molar-refractivity contribution in [3.05, 3.63) is 35.9 Å². The molecule has 1 aliphatic heterocycles. The third-order valence-corrected chi connectivity index (χ3v) is 4.27. The number of rotatable bonds is 5. The van der Waals surface area contributed by atoms with Crippen molar-refractivity contribution in [1.29, 1.82) is 0 Å². The van der Waals surface area contributed by atoms with Gasteiger partial charge in [-0.1, -0.05) is 30.3 Å². The van der Waals surface area contributed by atoms with Crippen molar-refractivity contribution in [2.24, 2.45) is 5.92 Å². The highest BCUT2D eigenvalue weighted by molar-refractivity contribution is 5.15. The Morgan fingerprint density at radius 2 is 2.00 bits per heavy atom. The fraction of sp³-hybridized carbons (Fsp3) is 0.625. The summed E-state index contributed by atoms with van der Waals surface area (Å²) in [4.78, 5) is 2.54. The number of aliphatic hydroxyl groups excluding tert-OH is 1. The largest absolute Gasteiger partial charge is 0.396 e. The molecule has 1 N–H and O–H groups in total. The molecular weight excluding hydrogens is 222 g/mol. The topological polar surface area (TPSA) is 23.5 Å². The van der Waals surface area contributed by atoms with Crippen molar-refractivity contribution in [2.45, 2.75) is 38.6 Å². The van der Waals surface area contributed by atoms with Crippen LogP contribution >= 0.6 is 0 Å². The van der Waals surface area contributed by atoms with Gasteiger partial charge in [-0.25, -0.2) is 0 Å². The first-order valence-electron chi connectivity index (χ1n) is 7.01. The van der Waals surface area contributed by atoms with Crippen LogP contribution in [0.25, 0.3) is 0 Å². The van der Waals surface area contributed by atoms with Gasteiger partial charge in [-0.05, 0) is 51.1 Å². The third kappa shape index (κ3) is 3.33. The zero-order chi connectivity index (χ0) is 13.0. The predicted octanol–water partition coefficient (Wildman–Crippen LogP) is 2.71. The number of benzene rings is 1. The van der Waals surface area contributed by atoms with Crippen LogP contribution in [0, 0.1) is 5.92 Å². The summed E-state index contributed by atoms with van der Waals surface area (Å²) in [6.07, 6.45) is 3.45. The number of hydrogen-bond acceptors (Lipinski definition) is 2. The van der Waals surface area contributed by atoms with Gasteiger partial charge in [0.15, 0.2) is 0 Å². The van der Waals surface area contributed by atoms with Crippen LogP contribution < -0.4 is 0 Å². The summed E-state index contributed by atoms with van der Waals surface area (Å²) in [5, 5.41) is 9.23. The number of aliphatic hydroxyl groups is 1. The van der Waals surface area contributed by atoms with E-state index >= 15 is 0 Å². The van der Waals surface area contributed by atoms with E-state index in [0.29, 0.717) is 12.5 Å². The van der Waals surface area contributed by atoms with Crippen molar-refractivity contribution in [3.8, 4) is 0 Å². The molecule has 1 aromatic carbocycles. The minimum absolute atomic E-state index is 0.236. The van der Waals surface area contributed by atoms with Crippen molar-refractivity contribution >= 4 is 0 Å². The van der Waals surface area contributed by atoms with Crippen LogP contribution in [0.2, 0.25) is 0 Å². The van der Waals surface area contributed by atoms with Crippen LogP contribution in [0.5, 0.6) is 0 Å². The molecule has 18 heavy (non-hydrogen) atoms. The Hall–Kier alpha value is -0.860. The summed E-state index contributed by atoms with van der Waals surface area (Å²) in [5.74, 6) is 0.487. The second-order valence-corrected chi connectivity index (χ2v) is 6.08. The highest BCUT2D eigenvalue weighted by Crippen LogP contribution is 2.28. The van der Waals surface area contributed by atoms with Crippen LogP contribution in [0.15, 0.2) is 30.3 Å². The Morgan fingerprint density at radius 1 is 1.28 bits per heavy atom. The molecule has 2 nitrogen and oxygen atoms in total. The zero-order valence-electron chi connectivity index (χ0n) is 11.6. The first-order chi connectivity index (χ1) is 8.62. The summed E-state index contributed by atoms with van der Waals surface area (Å²) in [6.45, 7) is 7.18. The van der Waals surface area contributed by atoms with E-state index in [1.807, 2.05) is 0 Å². The summed E-state index contributed by atoms with van der Waals surface area (Å²) < 4.78 is 0. The fourth-order valence-corrected chi connectivity index (χ4v) is 2.78. The molecule has 1 fully saturated rings. The van der Waals surface area contributed by atoms with Crippen molar-refractivity contribution < 1.29 is 5.11 Å². The maximum atomic E-state index is 9.23. The first kappa shape index (κ1) is 13.6. The van der Waals surface area contributed by atoms with Crippen LogP contribution in [0.4, 0.5) is 0 Å². The summed E-state index contributed by atoms with van der Waals surface area (Å²) in [5.41, 5.74) is 1.66. The smallest absolute Gasteiger partial charge is 0.0471 e. The van der Waals surface area contributed by atoms with Crippen LogP contribution in [-0.2, 0) is 6.42 Å². The van der Waals surface area contributed by atoms with Gasteiger partial charge >= 0.3 is 0 Å². The lowest BCUT2D eigenvalue weighted by molar-refractivity contribution is 0.129. The highest BCUT2D eigenvalue weighted by atomic mass is 16.3. The molecule has 1 unspecified atom stereocenters. The van der Waals surface area contributed by atoms with Gasteiger partial charge in [0.05, 0.1) is 0 Å². The lowest BCUT2D eigenvalue weighted by Gasteiger charge is -2.36. The SMILES string of the molecule is CC(C)(CCc1ccccc1)N1CCC(CO)C1. The molecule has 2 heteroatoms. The van der Waals surface area contributed by atoms with E-state index in [0.717, 1.165) is 25.9 Å². The second-order valence-electron chi connectivity index (χ2n) is 6.08. The molecule has 0 aliphatic carbocycles. The van der Waals surface area contributed by atoms with Crippen LogP contribution in [0.3, 0.4) is 0 Å². The molecule has 1 atom stereocenters. The molecule has 1 saturated heterocycles. The van der Waals surface area contributed by atoms with Gasteiger partial charge in [-0.2, -0.15) is 0 Å². The van der Waals surface area contributed by atoms with E-state index in [9.17, 15) is 5.11 Å². The molecule has 0 saturated carbocycles. The molecule has 2 rings (SSSR count). The van der Waals surface area contributed by atoms with Gasteiger partial charge in [0.1, 0.15) is 0 Å². The Morgan fingerprint density at radius 3 is 2.61 bits per heavy atom. The average molecular weight is 247 g/mol. The standard InChI is InChI=1S/C16H25NO/c1-16(2,17-11-9-15(12-17)13-18)10-8-14-6-4-3-5-7-14/h3-7,15,18H,8-13H2,1-2H3. The van der Waals surface area contributed by atoms with Gasteiger partial charge in [-0.3, -0.25) is 4.90 Å². The molecule has 0 spiro atoms. The Bertz CT molecular complexity index is 361. The van der Waals surface area contributed by atoms with Crippen molar-refractivity contribution in [3.63, 3.8) is 0 Å². The number of nitrogens with zero attached hydrogens (tertiary/aromatic N) is 1. The van der Waals surface area contributed by atoms with Crippen LogP contribution in [0.1, 0.15) is 32.3 Å². The van der Waals surface area contributed by atoms with Crippen LogP contribution in [-0.4, -0.2) is 35.2 Å². The van der Waals surface area contributed by atoms with E-state index in [4.69, 9.17) is 0 Å². The molecule has 1 aliphatic rings.